The Morgan fingerprint density at radius 2 is 1.22 bits per heavy atom. The minimum Gasteiger partial charge on any atom is -0.276 e. The van der Waals surface area contributed by atoms with E-state index in [0.717, 1.165) is 12.1 Å². The number of halogens is 6. The Balaban J connectivity index is 2.47. The van der Waals surface area contributed by atoms with Gasteiger partial charge in [-0.05, 0) is 36.8 Å². The van der Waals surface area contributed by atoms with Crippen LogP contribution in [-0.4, -0.2) is 25.9 Å². The molecule has 27 heavy (non-hydrogen) atoms. The second kappa shape index (κ2) is 6.66. The molecule has 2 aromatic carbocycles. The molecule has 0 amide bonds. The number of rotatable bonds is 3. The third kappa shape index (κ3) is 3.58. The van der Waals surface area contributed by atoms with Crippen LogP contribution < -0.4 is 0 Å². The molecule has 0 heterocycles. The van der Waals surface area contributed by atoms with Gasteiger partial charge < -0.3 is 0 Å². The number of benzene rings is 2. The molecule has 0 unspecified atom stereocenters. The lowest BCUT2D eigenvalue weighted by Gasteiger charge is -2.34. The molecule has 146 valence electrons. The lowest BCUT2D eigenvalue weighted by atomic mass is 9.80. The molecule has 0 radical (unpaired) electrons. The van der Waals surface area contributed by atoms with E-state index in [2.05, 4.69) is 0 Å². The quantitative estimate of drug-likeness (QED) is 0.691. The fourth-order valence-electron chi connectivity index (χ4n) is 2.29. The van der Waals surface area contributed by atoms with Crippen LogP contribution in [0.4, 0.5) is 26.3 Å². The van der Waals surface area contributed by atoms with Gasteiger partial charge in [-0.2, -0.15) is 26.3 Å². The molecule has 0 saturated carbocycles. The van der Waals surface area contributed by atoms with Gasteiger partial charge in [-0.25, -0.2) is 8.42 Å². The largest absolute Gasteiger partial charge is 0.406 e. The zero-order valence-corrected chi connectivity index (χ0v) is 14.4. The van der Waals surface area contributed by atoms with Gasteiger partial charge in [-0.1, -0.05) is 30.3 Å². The highest BCUT2D eigenvalue weighted by Gasteiger charge is 2.68. The van der Waals surface area contributed by atoms with Crippen LogP contribution in [0, 0.1) is 0 Å². The zero-order chi connectivity index (χ0) is 20.7. The van der Waals surface area contributed by atoms with Gasteiger partial charge in [0.15, 0.2) is 5.41 Å². The summed E-state index contributed by atoms with van der Waals surface area (Å²) in [6.07, 6.45) is -11.3. The van der Waals surface area contributed by atoms with E-state index in [4.69, 9.17) is 0 Å². The van der Waals surface area contributed by atoms with Crippen LogP contribution in [0.2, 0.25) is 0 Å². The smallest absolute Gasteiger partial charge is 0.276 e. The van der Waals surface area contributed by atoms with E-state index in [1.54, 1.807) is 0 Å². The standard InChI is InChI=1S/C17H12F6O3S/c1-15(16(18,19)20,17(21,22)23)12-9-7-11(8-10-12)14(24)27(25,26)13-5-3-2-4-6-13/h2-10H,1H3. The number of carbonyl (C=O) groups is 1. The molecule has 10 heteroatoms. The van der Waals surface area contributed by atoms with Crippen LogP contribution in [0.15, 0.2) is 59.5 Å². The predicted octanol–water partition coefficient (Wildman–Crippen LogP) is 4.68. The maximum Gasteiger partial charge on any atom is 0.406 e. The number of hydrogen-bond donors (Lipinski definition) is 0. The Labute approximate surface area is 150 Å². The highest BCUT2D eigenvalue weighted by molar-refractivity contribution is 8.06. The van der Waals surface area contributed by atoms with Crippen LogP contribution in [-0.2, 0) is 15.3 Å². The summed E-state index contributed by atoms with van der Waals surface area (Å²) in [4.78, 5) is 11.9. The Hall–Kier alpha value is -2.36. The second-order valence-electron chi connectivity index (χ2n) is 5.80. The van der Waals surface area contributed by atoms with Crippen molar-refractivity contribution in [3.05, 3.63) is 65.7 Å². The molecule has 2 rings (SSSR count). The molecular formula is C17H12F6O3S. The van der Waals surface area contributed by atoms with Crippen LogP contribution in [0.5, 0.6) is 0 Å². The SMILES string of the molecule is CC(c1ccc(C(=O)S(=O)(=O)c2ccccc2)cc1)(C(F)(F)F)C(F)(F)F. The monoisotopic (exact) mass is 410 g/mol. The summed E-state index contributed by atoms with van der Waals surface area (Å²) in [6.45, 7) is -0.0233. The normalized spacial score (nSPS) is 13.4. The summed E-state index contributed by atoms with van der Waals surface area (Å²) < 4.78 is 103. The van der Waals surface area contributed by atoms with Crippen molar-refractivity contribution in [1.29, 1.82) is 0 Å². The molecule has 0 aromatic heterocycles. The summed E-state index contributed by atoms with van der Waals surface area (Å²) >= 11 is 0. The maximum absolute atomic E-state index is 13.1. The van der Waals surface area contributed by atoms with E-state index in [1.807, 2.05) is 0 Å². The summed E-state index contributed by atoms with van der Waals surface area (Å²) in [5, 5.41) is -1.43. The Bertz CT molecular complexity index is 915. The fraction of sp³-hybridized carbons (Fsp3) is 0.235. The molecular weight excluding hydrogens is 398 g/mol. The predicted molar refractivity (Wildman–Crippen MR) is 83.9 cm³/mol. The zero-order valence-electron chi connectivity index (χ0n) is 13.6. The van der Waals surface area contributed by atoms with Crippen molar-refractivity contribution in [2.24, 2.45) is 0 Å². The van der Waals surface area contributed by atoms with Crippen LogP contribution in [0.25, 0.3) is 0 Å². The highest BCUT2D eigenvalue weighted by atomic mass is 32.2. The van der Waals surface area contributed by atoms with E-state index in [0.29, 0.717) is 24.3 Å². The second-order valence-corrected chi connectivity index (χ2v) is 7.65. The third-order valence-electron chi connectivity index (χ3n) is 4.13. The first-order valence-electron chi connectivity index (χ1n) is 7.31. The minimum atomic E-state index is -5.65. The topological polar surface area (TPSA) is 51.2 Å². The van der Waals surface area contributed by atoms with Crippen molar-refractivity contribution in [2.75, 3.05) is 0 Å². The van der Waals surface area contributed by atoms with Crippen molar-refractivity contribution < 1.29 is 39.6 Å². The average Bonchev–Trinajstić information content (AvgIpc) is 2.59. The molecule has 0 aliphatic rings. The van der Waals surface area contributed by atoms with Crippen LogP contribution in [0.3, 0.4) is 0 Å². The van der Waals surface area contributed by atoms with E-state index in [-0.39, 0.29) is 11.8 Å². The summed E-state index contributed by atoms with van der Waals surface area (Å²) in [5.41, 5.74) is -5.87. The van der Waals surface area contributed by atoms with Gasteiger partial charge in [-0.3, -0.25) is 4.79 Å². The van der Waals surface area contributed by atoms with Crippen molar-refractivity contribution in [1.82, 2.24) is 0 Å². The Morgan fingerprint density at radius 3 is 1.63 bits per heavy atom. The molecule has 0 N–H and O–H groups in total. The average molecular weight is 410 g/mol. The third-order valence-corrected chi connectivity index (χ3v) is 5.75. The fourth-order valence-corrected chi connectivity index (χ4v) is 3.47. The van der Waals surface area contributed by atoms with Crippen molar-refractivity contribution >= 4 is 15.0 Å². The highest BCUT2D eigenvalue weighted by Crippen LogP contribution is 2.51. The summed E-state index contributed by atoms with van der Waals surface area (Å²) in [7, 11) is -4.48. The van der Waals surface area contributed by atoms with Gasteiger partial charge in [0, 0.05) is 5.56 Å². The minimum absolute atomic E-state index is 0.0233. The van der Waals surface area contributed by atoms with E-state index < -0.39 is 43.8 Å². The van der Waals surface area contributed by atoms with Gasteiger partial charge in [-0.15, -0.1) is 0 Å². The molecule has 0 aliphatic heterocycles. The first kappa shape index (κ1) is 20.9. The van der Waals surface area contributed by atoms with Gasteiger partial charge in [0.25, 0.3) is 5.12 Å². The molecule has 0 bridgehead atoms. The number of alkyl halides is 6. The summed E-state index contributed by atoms with van der Waals surface area (Å²) in [6, 6.07) is 8.69. The van der Waals surface area contributed by atoms with Crippen molar-refractivity contribution in [3.8, 4) is 0 Å². The molecule has 0 saturated heterocycles. The molecule has 3 nitrogen and oxygen atoms in total. The number of carbonyl (C=O) groups excluding carboxylic acids is 1. The van der Waals surface area contributed by atoms with E-state index in [1.165, 1.54) is 18.2 Å². The van der Waals surface area contributed by atoms with Crippen LogP contribution >= 0.6 is 0 Å². The van der Waals surface area contributed by atoms with Crippen LogP contribution in [0.1, 0.15) is 22.8 Å². The Kier molecular flexibility index (Phi) is 5.17. The number of hydrogen-bond acceptors (Lipinski definition) is 3. The van der Waals surface area contributed by atoms with E-state index in [9.17, 15) is 39.6 Å². The van der Waals surface area contributed by atoms with Crippen molar-refractivity contribution in [2.45, 2.75) is 29.6 Å². The lowest BCUT2D eigenvalue weighted by Crippen LogP contribution is -2.51. The van der Waals surface area contributed by atoms with Crippen molar-refractivity contribution in [3.63, 3.8) is 0 Å². The number of sulfone groups is 1. The molecule has 0 aliphatic carbocycles. The molecule has 0 spiro atoms. The van der Waals surface area contributed by atoms with Gasteiger partial charge in [0.1, 0.15) is 0 Å². The van der Waals surface area contributed by atoms with Gasteiger partial charge >= 0.3 is 12.4 Å². The lowest BCUT2D eigenvalue weighted by molar-refractivity contribution is -0.297. The molecule has 0 atom stereocenters. The molecule has 2 aromatic rings. The van der Waals surface area contributed by atoms with Gasteiger partial charge in [0.2, 0.25) is 9.84 Å². The first-order chi connectivity index (χ1) is 12.2. The Morgan fingerprint density at radius 1 is 0.778 bits per heavy atom. The van der Waals surface area contributed by atoms with Gasteiger partial charge in [0.05, 0.1) is 4.90 Å². The first-order valence-corrected chi connectivity index (χ1v) is 8.79. The maximum atomic E-state index is 13.1. The van der Waals surface area contributed by atoms with E-state index >= 15 is 0 Å². The molecule has 0 fully saturated rings. The summed E-state index contributed by atoms with van der Waals surface area (Å²) in [5.74, 6) is 0.